The Bertz CT molecular complexity index is 515. The molecule has 1 atom stereocenters. The number of ether oxygens (including phenoxy) is 1. The largest absolute Gasteiger partial charge is 0.465 e. The standard InChI is InChI=1S/C19H34N4O2.HI/c1-4-5-6-7-10-21-19(20-3)22-15-17(18-9-8-16(2)25-18)23-11-13-24-14-12-23;/h8-9,17H,4-7,10-15H2,1-3H3,(H2,20,21,22);1H. The summed E-state index contributed by atoms with van der Waals surface area (Å²) in [5.41, 5.74) is 0. The van der Waals surface area contributed by atoms with Crippen LogP contribution in [0.5, 0.6) is 0 Å². The first-order chi connectivity index (χ1) is 12.2. The smallest absolute Gasteiger partial charge is 0.191 e. The lowest BCUT2D eigenvalue weighted by Crippen LogP contribution is -2.46. The molecule has 1 aromatic heterocycles. The van der Waals surface area contributed by atoms with E-state index >= 15 is 0 Å². The highest BCUT2D eigenvalue weighted by molar-refractivity contribution is 14.0. The summed E-state index contributed by atoms with van der Waals surface area (Å²) in [6.07, 6.45) is 5.00. The molecule has 2 rings (SSSR count). The van der Waals surface area contributed by atoms with Gasteiger partial charge in [0, 0.05) is 33.2 Å². The molecule has 0 bridgehead atoms. The van der Waals surface area contributed by atoms with Gasteiger partial charge in [-0.2, -0.15) is 0 Å². The summed E-state index contributed by atoms with van der Waals surface area (Å²) in [6, 6.07) is 4.30. The molecule has 0 saturated carbocycles. The Morgan fingerprint density at radius 1 is 1.19 bits per heavy atom. The Balaban J connectivity index is 0.00000338. The predicted octanol–water partition coefficient (Wildman–Crippen LogP) is 3.32. The molecule has 0 radical (unpaired) electrons. The van der Waals surface area contributed by atoms with Crippen molar-refractivity contribution in [3.8, 4) is 0 Å². The van der Waals surface area contributed by atoms with Crippen LogP contribution in [-0.2, 0) is 4.74 Å². The van der Waals surface area contributed by atoms with Gasteiger partial charge in [0.15, 0.2) is 5.96 Å². The molecule has 150 valence electrons. The van der Waals surface area contributed by atoms with Gasteiger partial charge in [-0.15, -0.1) is 24.0 Å². The molecule has 1 saturated heterocycles. The van der Waals surface area contributed by atoms with E-state index in [1.54, 1.807) is 0 Å². The first-order valence-electron chi connectivity index (χ1n) is 9.57. The minimum Gasteiger partial charge on any atom is -0.465 e. The summed E-state index contributed by atoms with van der Waals surface area (Å²) in [5.74, 6) is 2.81. The van der Waals surface area contributed by atoms with E-state index in [0.717, 1.165) is 56.9 Å². The third-order valence-corrected chi connectivity index (χ3v) is 4.59. The van der Waals surface area contributed by atoms with Crippen LogP contribution in [0.4, 0.5) is 0 Å². The van der Waals surface area contributed by atoms with Gasteiger partial charge in [0.1, 0.15) is 11.5 Å². The molecule has 2 heterocycles. The SMILES string of the molecule is CCCCCCNC(=NC)NCC(c1ccc(C)o1)N1CCOCC1.I. The monoisotopic (exact) mass is 478 g/mol. The van der Waals surface area contributed by atoms with Crippen molar-refractivity contribution in [3.05, 3.63) is 23.7 Å². The number of aliphatic imine (C=N–C) groups is 1. The van der Waals surface area contributed by atoms with E-state index in [-0.39, 0.29) is 30.0 Å². The number of morpholine rings is 1. The van der Waals surface area contributed by atoms with Crippen LogP contribution in [0.1, 0.15) is 50.2 Å². The van der Waals surface area contributed by atoms with Crippen molar-refractivity contribution >= 4 is 29.9 Å². The van der Waals surface area contributed by atoms with Crippen LogP contribution in [-0.4, -0.2) is 57.3 Å². The maximum Gasteiger partial charge on any atom is 0.191 e. The van der Waals surface area contributed by atoms with Crippen molar-refractivity contribution in [3.63, 3.8) is 0 Å². The Labute approximate surface area is 175 Å². The molecule has 1 fully saturated rings. The van der Waals surface area contributed by atoms with E-state index < -0.39 is 0 Å². The highest BCUT2D eigenvalue weighted by Gasteiger charge is 2.25. The van der Waals surface area contributed by atoms with E-state index in [4.69, 9.17) is 9.15 Å². The molecule has 1 aliphatic heterocycles. The van der Waals surface area contributed by atoms with Crippen molar-refractivity contribution in [1.29, 1.82) is 0 Å². The van der Waals surface area contributed by atoms with Crippen LogP contribution in [0.3, 0.4) is 0 Å². The molecule has 0 aromatic carbocycles. The molecular formula is C19H35IN4O2. The zero-order chi connectivity index (χ0) is 17.9. The fraction of sp³-hybridized carbons (Fsp3) is 0.737. The number of furan rings is 1. The quantitative estimate of drug-likeness (QED) is 0.247. The third kappa shape index (κ3) is 7.84. The summed E-state index contributed by atoms with van der Waals surface area (Å²) in [5, 5.41) is 6.87. The van der Waals surface area contributed by atoms with Gasteiger partial charge in [-0.3, -0.25) is 9.89 Å². The first-order valence-corrected chi connectivity index (χ1v) is 9.57. The highest BCUT2D eigenvalue weighted by Crippen LogP contribution is 2.23. The number of halogens is 1. The number of rotatable bonds is 9. The lowest BCUT2D eigenvalue weighted by Gasteiger charge is -2.33. The molecular weight excluding hydrogens is 443 g/mol. The van der Waals surface area contributed by atoms with E-state index in [1.165, 1.54) is 25.7 Å². The second-order valence-corrected chi connectivity index (χ2v) is 6.55. The maximum atomic E-state index is 5.91. The van der Waals surface area contributed by atoms with Crippen LogP contribution in [0.2, 0.25) is 0 Å². The lowest BCUT2D eigenvalue weighted by atomic mass is 10.1. The second-order valence-electron chi connectivity index (χ2n) is 6.55. The second kappa shape index (κ2) is 13.4. The van der Waals surface area contributed by atoms with Gasteiger partial charge in [0.25, 0.3) is 0 Å². The number of aryl methyl sites for hydroxylation is 1. The molecule has 2 N–H and O–H groups in total. The minimum absolute atomic E-state index is 0. The van der Waals surface area contributed by atoms with Crippen molar-refractivity contribution < 1.29 is 9.15 Å². The van der Waals surface area contributed by atoms with Crippen LogP contribution in [0, 0.1) is 6.92 Å². The average Bonchev–Trinajstić information content (AvgIpc) is 3.07. The summed E-state index contributed by atoms with van der Waals surface area (Å²) in [7, 11) is 1.82. The number of guanidine groups is 1. The zero-order valence-corrected chi connectivity index (χ0v) is 18.8. The molecule has 0 spiro atoms. The molecule has 0 amide bonds. The maximum absolute atomic E-state index is 5.91. The highest BCUT2D eigenvalue weighted by atomic mass is 127. The Morgan fingerprint density at radius 2 is 1.96 bits per heavy atom. The van der Waals surface area contributed by atoms with E-state index in [0.29, 0.717) is 0 Å². The van der Waals surface area contributed by atoms with Crippen molar-refractivity contribution in [2.24, 2.45) is 4.99 Å². The van der Waals surface area contributed by atoms with Crippen molar-refractivity contribution in [2.45, 2.75) is 45.6 Å². The first kappa shape index (κ1) is 23.2. The average molecular weight is 478 g/mol. The molecule has 1 aromatic rings. The van der Waals surface area contributed by atoms with E-state index in [2.05, 4.69) is 33.5 Å². The van der Waals surface area contributed by atoms with Gasteiger partial charge in [-0.1, -0.05) is 26.2 Å². The van der Waals surface area contributed by atoms with Crippen LogP contribution < -0.4 is 10.6 Å². The van der Waals surface area contributed by atoms with Gasteiger partial charge < -0.3 is 19.8 Å². The van der Waals surface area contributed by atoms with Gasteiger partial charge in [0.05, 0.1) is 19.3 Å². The van der Waals surface area contributed by atoms with E-state index in [9.17, 15) is 0 Å². The number of hydrogen-bond acceptors (Lipinski definition) is 4. The molecule has 0 aliphatic carbocycles. The van der Waals surface area contributed by atoms with Gasteiger partial charge >= 0.3 is 0 Å². The number of nitrogens with zero attached hydrogens (tertiary/aromatic N) is 2. The molecule has 6 nitrogen and oxygen atoms in total. The summed E-state index contributed by atoms with van der Waals surface area (Å²) in [6.45, 7) is 9.36. The Hall–Kier alpha value is -0.800. The fourth-order valence-electron chi connectivity index (χ4n) is 3.10. The number of hydrogen-bond donors (Lipinski definition) is 2. The zero-order valence-electron chi connectivity index (χ0n) is 16.4. The van der Waals surface area contributed by atoms with Gasteiger partial charge in [0.2, 0.25) is 0 Å². The summed E-state index contributed by atoms with van der Waals surface area (Å²) >= 11 is 0. The van der Waals surface area contributed by atoms with Crippen molar-refractivity contribution in [1.82, 2.24) is 15.5 Å². The van der Waals surface area contributed by atoms with Crippen LogP contribution >= 0.6 is 24.0 Å². The normalized spacial score (nSPS) is 16.8. The fourth-order valence-corrected chi connectivity index (χ4v) is 3.10. The van der Waals surface area contributed by atoms with Gasteiger partial charge in [-0.05, 0) is 25.5 Å². The third-order valence-electron chi connectivity index (χ3n) is 4.59. The van der Waals surface area contributed by atoms with Crippen LogP contribution in [0.25, 0.3) is 0 Å². The van der Waals surface area contributed by atoms with Gasteiger partial charge in [-0.25, -0.2) is 0 Å². The predicted molar refractivity (Wildman–Crippen MR) is 117 cm³/mol. The van der Waals surface area contributed by atoms with Crippen LogP contribution in [0.15, 0.2) is 21.5 Å². The molecule has 1 unspecified atom stereocenters. The van der Waals surface area contributed by atoms with Crippen molar-refractivity contribution in [2.75, 3.05) is 46.4 Å². The lowest BCUT2D eigenvalue weighted by molar-refractivity contribution is 0.0124. The Kier molecular flexibility index (Phi) is 12.0. The topological polar surface area (TPSA) is 62.0 Å². The summed E-state index contributed by atoms with van der Waals surface area (Å²) < 4.78 is 11.4. The van der Waals surface area contributed by atoms with E-state index in [1.807, 2.05) is 20.0 Å². The number of unbranched alkanes of at least 4 members (excludes halogenated alkanes) is 3. The Morgan fingerprint density at radius 3 is 2.58 bits per heavy atom. The minimum atomic E-state index is 0. The molecule has 7 heteroatoms. The number of nitrogens with one attached hydrogen (secondary N) is 2. The molecule has 26 heavy (non-hydrogen) atoms. The molecule has 1 aliphatic rings. The summed E-state index contributed by atoms with van der Waals surface area (Å²) in [4.78, 5) is 6.76.